The lowest BCUT2D eigenvalue weighted by Gasteiger charge is -2.16. The number of carboxylic acids is 1. The van der Waals surface area contributed by atoms with E-state index in [0.29, 0.717) is 6.54 Å². The molecule has 0 aliphatic heterocycles. The lowest BCUT2D eigenvalue weighted by atomic mass is 10.1. The molecule has 0 spiro atoms. The molecule has 0 aromatic heterocycles. The number of nitrogens with one attached hydrogen (secondary N) is 2. The monoisotopic (exact) mass is 258 g/mol. The molecule has 0 radical (unpaired) electrons. The molecular weight excluding hydrogens is 240 g/mol. The number of ketones is 1. The molecule has 1 atom stereocenters. The van der Waals surface area contributed by atoms with E-state index in [4.69, 9.17) is 5.11 Å². The molecule has 0 heterocycles. The van der Waals surface area contributed by atoms with Crippen LogP contribution in [0.25, 0.3) is 0 Å². The first kappa shape index (κ1) is 16.1. The van der Waals surface area contributed by atoms with Crippen molar-refractivity contribution in [3.8, 4) is 0 Å². The number of Topliss-reactive ketones (excluding diaryl/α,β-unsaturated/α-hetero) is 1. The van der Waals surface area contributed by atoms with Gasteiger partial charge in [0.25, 0.3) is 5.91 Å². The first-order chi connectivity index (χ1) is 8.42. The predicted molar refractivity (Wildman–Crippen MR) is 62.8 cm³/mol. The topological polar surface area (TPSA) is 113 Å². The van der Waals surface area contributed by atoms with Crippen molar-refractivity contribution >= 4 is 23.6 Å². The minimum absolute atomic E-state index is 0.0346. The van der Waals surface area contributed by atoms with Crippen molar-refractivity contribution in [1.29, 1.82) is 0 Å². The highest BCUT2D eigenvalue weighted by molar-refractivity contribution is 6.36. The fourth-order valence-corrected chi connectivity index (χ4v) is 1.23. The van der Waals surface area contributed by atoms with E-state index in [0.717, 1.165) is 0 Å². The molecule has 0 unspecified atom stereocenters. The van der Waals surface area contributed by atoms with Crippen LogP contribution in [0.3, 0.4) is 0 Å². The lowest BCUT2D eigenvalue weighted by Crippen LogP contribution is -2.48. The summed E-state index contributed by atoms with van der Waals surface area (Å²) >= 11 is 0. The molecule has 0 aliphatic carbocycles. The number of likely N-dealkylation sites (N-methyl/N-ethyl adjacent to an activating group) is 1. The molecule has 0 aromatic carbocycles. The summed E-state index contributed by atoms with van der Waals surface area (Å²) in [7, 11) is 0. The number of carbonyl (C=O) groups is 4. The SMILES string of the molecule is CCNC(=O)[C@@H](CCC(=O)O)NC(=O)C(=O)CC. The number of hydrogen-bond donors (Lipinski definition) is 3. The third-order valence-electron chi connectivity index (χ3n) is 2.19. The van der Waals surface area contributed by atoms with Crippen LogP contribution in [-0.2, 0) is 19.2 Å². The number of aliphatic carboxylic acids is 1. The zero-order valence-electron chi connectivity index (χ0n) is 10.5. The molecule has 0 rings (SSSR count). The van der Waals surface area contributed by atoms with Crippen molar-refractivity contribution in [2.45, 2.75) is 39.2 Å². The van der Waals surface area contributed by atoms with Crippen molar-refractivity contribution in [2.24, 2.45) is 0 Å². The average molecular weight is 258 g/mol. The Kier molecular flexibility index (Phi) is 7.34. The van der Waals surface area contributed by atoms with Gasteiger partial charge < -0.3 is 15.7 Å². The van der Waals surface area contributed by atoms with Gasteiger partial charge in [-0.05, 0) is 13.3 Å². The van der Waals surface area contributed by atoms with Gasteiger partial charge in [0.05, 0.1) is 0 Å². The van der Waals surface area contributed by atoms with E-state index in [-0.39, 0.29) is 19.3 Å². The summed E-state index contributed by atoms with van der Waals surface area (Å²) in [4.78, 5) is 44.5. The van der Waals surface area contributed by atoms with Gasteiger partial charge in [-0.15, -0.1) is 0 Å². The van der Waals surface area contributed by atoms with Crippen LogP contribution in [0.4, 0.5) is 0 Å². The third-order valence-corrected chi connectivity index (χ3v) is 2.19. The molecule has 0 aliphatic rings. The number of hydrogen-bond acceptors (Lipinski definition) is 4. The number of amides is 2. The Hall–Kier alpha value is -1.92. The smallest absolute Gasteiger partial charge is 0.303 e. The van der Waals surface area contributed by atoms with Crippen molar-refractivity contribution < 1.29 is 24.3 Å². The molecule has 3 N–H and O–H groups in total. The summed E-state index contributed by atoms with van der Waals surface area (Å²) in [5, 5.41) is 13.3. The van der Waals surface area contributed by atoms with Crippen LogP contribution in [0.1, 0.15) is 33.1 Å². The van der Waals surface area contributed by atoms with E-state index >= 15 is 0 Å². The summed E-state index contributed by atoms with van der Waals surface area (Å²) in [6.45, 7) is 3.59. The van der Waals surface area contributed by atoms with Gasteiger partial charge in [-0.25, -0.2) is 0 Å². The summed E-state index contributed by atoms with van der Waals surface area (Å²) in [6, 6.07) is -0.996. The first-order valence-electron chi connectivity index (χ1n) is 5.75. The van der Waals surface area contributed by atoms with E-state index < -0.39 is 29.6 Å². The molecule has 102 valence electrons. The lowest BCUT2D eigenvalue weighted by molar-refractivity contribution is -0.140. The Morgan fingerprint density at radius 3 is 2.22 bits per heavy atom. The Morgan fingerprint density at radius 1 is 1.17 bits per heavy atom. The second kappa shape index (κ2) is 8.21. The fraction of sp³-hybridized carbons (Fsp3) is 0.636. The van der Waals surface area contributed by atoms with Crippen molar-refractivity contribution in [1.82, 2.24) is 10.6 Å². The van der Waals surface area contributed by atoms with Crippen molar-refractivity contribution in [3.63, 3.8) is 0 Å². The van der Waals surface area contributed by atoms with Gasteiger partial charge in [0.1, 0.15) is 6.04 Å². The third kappa shape index (κ3) is 5.97. The molecule has 0 aromatic rings. The Labute approximate surface area is 105 Å². The zero-order chi connectivity index (χ0) is 14.1. The van der Waals surface area contributed by atoms with Crippen LogP contribution in [0, 0.1) is 0 Å². The average Bonchev–Trinajstić information content (AvgIpc) is 2.32. The van der Waals surface area contributed by atoms with Crippen LogP contribution in [0.15, 0.2) is 0 Å². The van der Waals surface area contributed by atoms with Gasteiger partial charge in [0, 0.05) is 19.4 Å². The molecule has 18 heavy (non-hydrogen) atoms. The Morgan fingerprint density at radius 2 is 1.78 bits per heavy atom. The molecule has 7 nitrogen and oxygen atoms in total. The molecule has 0 saturated carbocycles. The van der Waals surface area contributed by atoms with Crippen molar-refractivity contribution in [3.05, 3.63) is 0 Å². The Bertz CT molecular complexity index is 340. The maximum atomic E-state index is 11.6. The zero-order valence-corrected chi connectivity index (χ0v) is 10.5. The van der Waals surface area contributed by atoms with E-state index in [1.807, 2.05) is 0 Å². The first-order valence-corrected chi connectivity index (χ1v) is 5.75. The van der Waals surface area contributed by atoms with Crippen LogP contribution >= 0.6 is 0 Å². The van der Waals surface area contributed by atoms with E-state index in [1.165, 1.54) is 6.92 Å². The van der Waals surface area contributed by atoms with E-state index in [9.17, 15) is 19.2 Å². The normalized spacial score (nSPS) is 11.4. The molecule has 0 fully saturated rings. The van der Waals surface area contributed by atoms with Gasteiger partial charge in [-0.1, -0.05) is 6.92 Å². The molecular formula is C11H18N2O5. The summed E-state index contributed by atoms with van der Waals surface area (Å²) in [6.07, 6.45) is -0.279. The maximum Gasteiger partial charge on any atom is 0.303 e. The highest BCUT2D eigenvalue weighted by Gasteiger charge is 2.23. The number of carboxylic acid groups (broad SMARTS) is 1. The van der Waals surface area contributed by atoms with Crippen molar-refractivity contribution in [2.75, 3.05) is 6.54 Å². The second-order valence-electron chi connectivity index (χ2n) is 3.63. The van der Waals surface area contributed by atoms with Gasteiger partial charge >= 0.3 is 5.97 Å². The molecule has 0 bridgehead atoms. The molecule has 0 saturated heterocycles. The van der Waals surface area contributed by atoms with Gasteiger partial charge in [-0.2, -0.15) is 0 Å². The van der Waals surface area contributed by atoms with Gasteiger partial charge in [0.2, 0.25) is 11.7 Å². The van der Waals surface area contributed by atoms with Crippen LogP contribution in [0.2, 0.25) is 0 Å². The largest absolute Gasteiger partial charge is 0.481 e. The fourth-order valence-electron chi connectivity index (χ4n) is 1.23. The maximum absolute atomic E-state index is 11.6. The highest BCUT2D eigenvalue weighted by atomic mass is 16.4. The summed E-state index contributed by atoms with van der Waals surface area (Å²) < 4.78 is 0. The molecule has 2 amide bonds. The summed E-state index contributed by atoms with van der Waals surface area (Å²) in [5.74, 6) is -3.06. The number of rotatable bonds is 8. The minimum atomic E-state index is -1.07. The predicted octanol–water partition coefficient (Wildman–Crippen LogP) is -0.549. The highest BCUT2D eigenvalue weighted by Crippen LogP contribution is 1.99. The second-order valence-corrected chi connectivity index (χ2v) is 3.63. The van der Waals surface area contributed by atoms with E-state index in [2.05, 4.69) is 10.6 Å². The summed E-state index contributed by atoms with van der Waals surface area (Å²) in [5.41, 5.74) is 0. The Balaban J connectivity index is 4.55. The molecule has 7 heteroatoms. The van der Waals surface area contributed by atoms with Crippen LogP contribution < -0.4 is 10.6 Å². The van der Waals surface area contributed by atoms with E-state index in [1.54, 1.807) is 6.92 Å². The standard InChI is InChI=1S/C11H18N2O5/c1-3-8(14)11(18)13-7(5-6-9(15)16)10(17)12-4-2/h7H,3-6H2,1-2H3,(H,12,17)(H,13,18)(H,15,16)/t7-/m1/s1. The minimum Gasteiger partial charge on any atom is -0.481 e. The van der Waals surface area contributed by atoms with Gasteiger partial charge in [-0.3, -0.25) is 19.2 Å². The van der Waals surface area contributed by atoms with Crippen LogP contribution in [0.5, 0.6) is 0 Å². The van der Waals surface area contributed by atoms with Crippen LogP contribution in [-0.4, -0.2) is 41.3 Å². The van der Waals surface area contributed by atoms with Gasteiger partial charge in [0.15, 0.2) is 0 Å². The quantitative estimate of drug-likeness (QED) is 0.506. The number of carbonyl (C=O) groups excluding carboxylic acids is 3.